The van der Waals surface area contributed by atoms with Crippen LogP contribution in [0.15, 0.2) is 124 Å². The van der Waals surface area contributed by atoms with Crippen LogP contribution in [0.5, 0.6) is 17.2 Å². The molecule has 7 nitrogen and oxygen atoms in total. The minimum Gasteiger partial charge on any atom is -0.508 e. The van der Waals surface area contributed by atoms with E-state index < -0.39 is 19.7 Å². The Morgan fingerprint density at radius 2 is 1.37 bits per heavy atom. The lowest BCUT2D eigenvalue weighted by molar-refractivity contribution is 0.261. The van der Waals surface area contributed by atoms with Gasteiger partial charge in [-0.3, -0.25) is 0 Å². The molecule has 4 aromatic carbocycles. The lowest BCUT2D eigenvalue weighted by Crippen LogP contribution is -2.17. The highest BCUT2D eigenvalue weighted by Gasteiger charge is 2.35. The highest BCUT2D eigenvalue weighted by atomic mass is 32.2. The molecule has 0 radical (unpaired) electrons. The maximum Gasteiger partial charge on any atom is 0.210 e. The van der Waals surface area contributed by atoms with Crippen molar-refractivity contribution >= 4 is 19.7 Å². The molecular weight excluding hydrogens is 560 g/mol. The lowest BCUT2D eigenvalue weighted by atomic mass is 10.1. The van der Waals surface area contributed by atoms with E-state index in [1.165, 1.54) is 42.5 Å². The number of hydrogen-bond acceptors (Lipinski definition) is 7. The molecular formula is C32H28O7S2. The van der Waals surface area contributed by atoms with Crippen molar-refractivity contribution in [2.45, 2.75) is 45.6 Å². The fourth-order valence-electron chi connectivity index (χ4n) is 4.78. The van der Waals surface area contributed by atoms with Gasteiger partial charge in [-0.2, -0.15) is 0 Å². The van der Waals surface area contributed by atoms with Crippen molar-refractivity contribution in [3.8, 4) is 17.2 Å². The van der Waals surface area contributed by atoms with Gasteiger partial charge in [0.15, 0.2) is 0 Å². The summed E-state index contributed by atoms with van der Waals surface area (Å²) in [6.07, 6.45) is 3.28. The van der Waals surface area contributed by atoms with Crippen molar-refractivity contribution in [1.82, 2.24) is 0 Å². The maximum atomic E-state index is 14.3. The SMILES string of the molecule is C=CCc1cc(S(=O)(=O)c2c3cc(S(=O)(=O)c4ccccc4)c(c2CC=C)OCc2ccccc2CO3)ccc1O. The summed E-state index contributed by atoms with van der Waals surface area (Å²) in [5.74, 6) is -0.272. The van der Waals surface area contributed by atoms with Gasteiger partial charge >= 0.3 is 0 Å². The summed E-state index contributed by atoms with van der Waals surface area (Å²) in [5.41, 5.74) is 2.04. The van der Waals surface area contributed by atoms with Crippen molar-refractivity contribution in [1.29, 1.82) is 0 Å². The average Bonchev–Trinajstić information content (AvgIpc) is 2.97. The first-order valence-corrected chi connectivity index (χ1v) is 15.8. The summed E-state index contributed by atoms with van der Waals surface area (Å²) in [4.78, 5) is -0.480. The first-order valence-electron chi connectivity index (χ1n) is 12.8. The van der Waals surface area contributed by atoms with Gasteiger partial charge in [-0.25, -0.2) is 16.8 Å². The number of allylic oxidation sites excluding steroid dienone is 2. The minimum atomic E-state index is -4.32. The smallest absolute Gasteiger partial charge is 0.210 e. The van der Waals surface area contributed by atoms with Gasteiger partial charge in [0.1, 0.15) is 40.3 Å². The van der Waals surface area contributed by atoms with Crippen LogP contribution in [-0.4, -0.2) is 21.9 Å². The summed E-state index contributed by atoms with van der Waals surface area (Å²) in [7, 11) is -8.47. The molecule has 0 fully saturated rings. The molecule has 0 aromatic heterocycles. The van der Waals surface area contributed by atoms with Crippen molar-refractivity contribution in [2.75, 3.05) is 0 Å². The van der Waals surface area contributed by atoms with Crippen LogP contribution in [0.1, 0.15) is 22.3 Å². The van der Waals surface area contributed by atoms with E-state index >= 15 is 0 Å². The maximum absolute atomic E-state index is 14.3. The fraction of sp³-hybridized carbons (Fsp3) is 0.125. The molecule has 0 spiro atoms. The summed E-state index contributed by atoms with van der Waals surface area (Å²) in [6.45, 7) is 7.44. The largest absolute Gasteiger partial charge is 0.508 e. The van der Waals surface area contributed by atoms with Gasteiger partial charge in [0, 0.05) is 11.6 Å². The summed E-state index contributed by atoms with van der Waals surface area (Å²) in [6, 6.07) is 20.4. The topological polar surface area (TPSA) is 107 Å². The van der Waals surface area contributed by atoms with E-state index in [2.05, 4.69) is 13.2 Å². The first kappa shape index (κ1) is 28.2. The van der Waals surface area contributed by atoms with Crippen molar-refractivity contribution in [2.24, 2.45) is 0 Å². The number of fused-ring (bicyclic) bond motifs is 4. The van der Waals surface area contributed by atoms with E-state index in [1.54, 1.807) is 24.3 Å². The van der Waals surface area contributed by atoms with Crippen LogP contribution in [0.25, 0.3) is 0 Å². The quantitative estimate of drug-likeness (QED) is 0.252. The Kier molecular flexibility index (Phi) is 7.75. The second kappa shape index (κ2) is 11.3. The molecule has 0 aliphatic carbocycles. The molecule has 41 heavy (non-hydrogen) atoms. The van der Waals surface area contributed by atoms with Crippen LogP contribution in [0.2, 0.25) is 0 Å². The van der Waals surface area contributed by atoms with Gasteiger partial charge in [0.25, 0.3) is 0 Å². The van der Waals surface area contributed by atoms with E-state index in [9.17, 15) is 21.9 Å². The van der Waals surface area contributed by atoms with Crippen molar-refractivity contribution in [3.63, 3.8) is 0 Å². The molecule has 2 aliphatic rings. The zero-order valence-corrected chi connectivity index (χ0v) is 23.7. The molecule has 210 valence electrons. The number of hydrogen-bond donors (Lipinski definition) is 1. The number of benzene rings is 4. The Hall–Kier alpha value is -4.34. The van der Waals surface area contributed by atoms with Gasteiger partial charge < -0.3 is 14.6 Å². The molecule has 0 saturated carbocycles. The number of phenols is 1. The second-order valence-electron chi connectivity index (χ2n) is 9.45. The van der Waals surface area contributed by atoms with Crippen molar-refractivity contribution < 1.29 is 31.4 Å². The molecule has 2 bridgehead atoms. The molecule has 6 rings (SSSR count). The highest BCUT2D eigenvalue weighted by molar-refractivity contribution is 7.92. The molecule has 9 heteroatoms. The Morgan fingerprint density at radius 1 is 0.732 bits per heavy atom. The van der Waals surface area contributed by atoms with E-state index in [0.29, 0.717) is 5.56 Å². The molecule has 0 amide bonds. The Balaban J connectivity index is 1.83. The summed E-state index contributed by atoms with van der Waals surface area (Å²) < 4.78 is 68.9. The molecule has 0 saturated heterocycles. The predicted molar refractivity (Wildman–Crippen MR) is 155 cm³/mol. The zero-order valence-electron chi connectivity index (χ0n) is 22.1. The average molecular weight is 589 g/mol. The standard InChI is InChI=1S/C32H28O7S2/c1-3-10-22-18-26(16-17-28(22)33)41(36,37)32-27(11-4-2)31-30(40(34,35)25-14-6-5-7-15-25)19-29(32)38-20-23-12-8-9-13-24(23)21-39-31/h3-9,12-19,33H,1-2,10-11,20-21H2. The summed E-state index contributed by atoms with van der Waals surface area (Å²) in [5, 5.41) is 10.3. The zero-order chi connectivity index (χ0) is 29.2. The van der Waals surface area contributed by atoms with Gasteiger partial charge in [-0.1, -0.05) is 54.6 Å². The monoisotopic (exact) mass is 588 g/mol. The highest BCUT2D eigenvalue weighted by Crippen LogP contribution is 2.45. The van der Waals surface area contributed by atoms with Crippen LogP contribution in [-0.2, 0) is 45.7 Å². The van der Waals surface area contributed by atoms with Gasteiger partial charge in [-0.15, -0.1) is 13.2 Å². The molecule has 1 N–H and O–H groups in total. The van der Waals surface area contributed by atoms with Crippen LogP contribution in [0, 0.1) is 0 Å². The molecule has 2 heterocycles. The normalized spacial score (nSPS) is 13.0. The molecule has 0 unspecified atom stereocenters. The van der Waals surface area contributed by atoms with E-state index in [-0.39, 0.29) is 68.4 Å². The third-order valence-corrected chi connectivity index (χ3v) is 10.5. The van der Waals surface area contributed by atoms with E-state index in [0.717, 1.165) is 11.1 Å². The van der Waals surface area contributed by atoms with Gasteiger partial charge in [-0.05, 0) is 59.9 Å². The molecule has 0 atom stereocenters. The molecule has 4 aromatic rings. The van der Waals surface area contributed by atoms with E-state index in [1.807, 2.05) is 24.3 Å². The van der Waals surface area contributed by atoms with Crippen LogP contribution in [0.3, 0.4) is 0 Å². The third kappa shape index (κ3) is 5.26. The van der Waals surface area contributed by atoms with Gasteiger partial charge in [0.05, 0.1) is 9.79 Å². The predicted octanol–water partition coefficient (Wildman–Crippen LogP) is 5.99. The minimum absolute atomic E-state index is 0.0114. The van der Waals surface area contributed by atoms with Crippen LogP contribution in [0.4, 0.5) is 0 Å². The number of aromatic hydroxyl groups is 1. The van der Waals surface area contributed by atoms with E-state index in [4.69, 9.17) is 9.47 Å². The van der Waals surface area contributed by atoms with Crippen LogP contribution < -0.4 is 9.47 Å². The van der Waals surface area contributed by atoms with Gasteiger partial charge in [0.2, 0.25) is 19.7 Å². The Morgan fingerprint density at radius 3 is 2.02 bits per heavy atom. The molecule has 2 aliphatic heterocycles. The second-order valence-corrected chi connectivity index (χ2v) is 13.3. The number of ether oxygens (including phenoxy) is 2. The lowest BCUT2D eigenvalue weighted by Gasteiger charge is -2.25. The number of phenolic OH excluding ortho intramolecular Hbond substituents is 1. The number of sulfone groups is 2. The van der Waals surface area contributed by atoms with Crippen LogP contribution >= 0.6 is 0 Å². The van der Waals surface area contributed by atoms with Crippen molar-refractivity contribution in [3.05, 3.63) is 126 Å². The fourth-order valence-corrected chi connectivity index (χ4v) is 7.90. The first-order chi connectivity index (χ1) is 19.7. The number of rotatable bonds is 8. The Labute approximate surface area is 239 Å². The third-order valence-electron chi connectivity index (χ3n) is 6.82. The Bertz CT molecular complexity index is 1860. The summed E-state index contributed by atoms with van der Waals surface area (Å²) >= 11 is 0.